The summed E-state index contributed by atoms with van der Waals surface area (Å²) >= 11 is 0. The molecule has 7 nitrogen and oxygen atoms in total. The highest BCUT2D eigenvalue weighted by molar-refractivity contribution is 7.90. The summed E-state index contributed by atoms with van der Waals surface area (Å²) in [5.74, 6) is -0.158. The van der Waals surface area contributed by atoms with E-state index in [0.29, 0.717) is 18.5 Å². The van der Waals surface area contributed by atoms with Gasteiger partial charge in [-0.25, -0.2) is 8.42 Å². The van der Waals surface area contributed by atoms with Gasteiger partial charge in [0.05, 0.1) is 23.5 Å². The average Bonchev–Trinajstić information content (AvgIpc) is 2.36. The summed E-state index contributed by atoms with van der Waals surface area (Å²) in [6, 6.07) is 4.12. The number of nitro groups is 1. The molecule has 2 N–H and O–H groups in total. The van der Waals surface area contributed by atoms with Crippen molar-refractivity contribution in [3.05, 3.63) is 33.9 Å². The van der Waals surface area contributed by atoms with E-state index in [1.54, 1.807) is 0 Å². The minimum absolute atomic E-state index is 0.0245. The number of nitrogens with two attached hydrogens (primary N) is 1. The number of nitrogens with zero attached hydrogens (tertiary/aromatic N) is 1. The molecule has 0 bridgehead atoms. The monoisotopic (exact) mass is 288 g/mol. The second-order valence-electron chi connectivity index (χ2n) is 4.00. The lowest BCUT2D eigenvalue weighted by molar-refractivity contribution is -0.385. The summed E-state index contributed by atoms with van der Waals surface area (Å²) in [7, 11) is -1.98. The van der Waals surface area contributed by atoms with Gasteiger partial charge in [-0.15, -0.1) is 0 Å². The number of nitro benzene ring substituents is 1. The van der Waals surface area contributed by atoms with Gasteiger partial charge in [0.1, 0.15) is 0 Å². The average molecular weight is 288 g/mol. The molecule has 19 heavy (non-hydrogen) atoms. The van der Waals surface area contributed by atoms with Crippen LogP contribution in [0.1, 0.15) is 12.0 Å². The minimum Gasteiger partial charge on any atom is -0.490 e. The van der Waals surface area contributed by atoms with Crippen LogP contribution in [-0.2, 0) is 15.6 Å². The highest BCUT2D eigenvalue weighted by Gasteiger charge is 2.18. The molecule has 106 valence electrons. The van der Waals surface area contributed by atoms with Crippen LogP contribution in [-0.4, -0.2) is 32.7 Å². The first-order valence-corrected chi connectivity index (χ1v) is 7.43. The Balaban J connectivity index is 2.97. The zero-order valence-electron chi connectivity index (χ0n) is 10.5. The Morgan fingerprint density at radius 3 is 2.63 bits per heavy atom. The Morgan fingerprint density at radius 2 is 2.11 bits per heavy atom. The first kappa shape index (κ1) is 15.4. The van der Waals surface area contributed by atoms with Gasteiger partial charge in [-0.2, -0.15) is 0 Å². The van der Waals surface area contributed by atoms with Crippen molar-refractivity contribution in [2.45, 2.75) is 12.2 Å². The predicted octanol–water partition coefficient (Wildman–Crippen LogP) is 0.867. The molecule has 0 spiro atoms. The number of ether oxygens (including phenoxy) is 1. The van der Waals surface area contributed by atoms with Crippen molar-refractivity contribution in [1.29, 1.82) is 0 Å². The summed E-state index contributed by atoms with van der Waals surface area (Å²) in [5.41, 5.74) is 5.38. The van der Waals surface area contributed by atoms with Crippen molar-refractivity contribution < 1.29 is 18.1 Å². The molecule has 0 unspecified atom stereocenters. The summed E-state index contributed by atoms with van der Waals surface area (Å²) in [4.78, 5) is 10.2. The van der Waals surface area contributed by atoms with Gasteiger partial charge in [0.25, 0.3) is 0 Å². The largest absolute Gasteiger partial charge is 0.490 e. The van der Waals surface area contributed by atoms with Crippen LogP contribution < -0.4 is 10.5 Å². The van der Waals surface area contributed by atoms with Crippen LogP contribution in [0.4, 0.5) is 5.69 Å². The van der Waals surface area contributed by atoms with E-state index in [-0.39, 0.29) is 22.9 Å². The molecule has 0 radical (unpaired) electrons. The molecule has 0 aliphatic heterocycles. The van der Waals surface area contributed by atoms with Gasteiger partial charge in [0.2, 0.25) is 0 Å². The van der Waals surface area contributed by atoms with Crippen molar-refractivity contribution in [3.63, 3.8) is 0 Å². The molecule has 0 atom stereocenters. The van der Waals surface area contributed by atoms with Crippen molar-refractivity contribution in [1.82, 2.24) is 0 Å². The lowest BCUT2D eigenvalue weighted by Crippen LogP contribution is -2.13. The third-order valence-corrected chi connectivity index (χ3v) is 4.17. The van der Waals surface area contributed by atoms with Crippen LogP contribution in [0.2, 0.25) is 0 Å². The van der Waals surface area contributed by atoms with Gasteiger partial charge >= 0.3 is 5.69 Å². The molecule has 0 fully saturated rings. The highest BCUT2D eigenvalue weighted by atomic mass is 32.2. The molecule has 8 heteroatoms. The first-order valence-electron chi connectivity index (χ1n) is 5.61. The summed E-state index contributed by atoms with van der Waals surface area (Å²) in [6.45, 7) is 0.294. The molecular formula is C11H16N2O5S. The van der Waals surface area contributed by atoms with E-state index in [1.807, 2.05) is 0 Å². The predicted molar refractivity (Wildman–Crippen MR) is 70.8 cm³/mol. The second kappa shape index (κ2) is 6.48. The number of rotatable bonds is 7. The number of hydrogen-bond acceptors (Lipinski definition) is 6. The number of methoxy groups -OCH3 is 1. The van der Waals surface area contributed by atoms with Gasteiger partial charge in [0, 0.05) is 6.07 Å². The quantitative estimate of drug-likeness (QED) is 0.588. The highest BCUT2D eigenvalue weighted by Crippen LogP contribution is 2.28. The van der Waals surface area contributed by atoms with Gasteiger partial charge < -0.3 is 10.5 Å². The van der Waals surface area contributed by atoms with Crippen LogP contribution in [0.3, 0.4) is 0 Å². The minimum atomic E-state index is -3.30. The molecule has 1 aromatic carbocycles. The van der Waals surface area contributed by atoms with Crippen molar-refractivity contribution in [3.8, 4) is 5.75 Å². The van der Waals surface area contributed by atoms with Crippen molar-refractivity contribution >= 4 is 15.5 Å². The Labute approximate surface area is 111 Å². The van der Waals surface area contributed by atoms with E-state index in [4.69, 9.17) is 10.5 Å². The summed E-state index contributed by atoms with van der Waals surface area (Å²) in [5, 5.41) is 10.8. The van der Waals surface area contributed by atoms with Crippen molar-refractivity contribution in [2.75, 3.05) is 19.4 Å². The van der Waals surface area contributed by atoms with Crippen molar-refractivity contribution in [2.24, 2.45) is 5.73 Å². The summed E-state index contributed by atoms with van der Waals surface area (Å²) in [6.07, 6.45) is 0.376. The van der Waals surface area contributed by atoms with Gasteiger partial charge in [-0.05, 0) is 24.6 Å². The molecule has 1 aromatic rings. The van der Waals surface area contributed by atoms with E-state index in [0.717, 1.165) is 0 Å². The molecule has 0 heterocycles. The Morgan fingerprint density at radius 1 is 1.42 bits per heavy atom. The number of sulfone groups is 1. The lowest BCUT2D eigenvalue weighted by atomic mass is 10.2. The Bertz CT molecular complexity index is 556. The number of benzene rings is 1. The second-order valence-corrected chi connectivity index (χ2v) is 6.18. The standard InChI is InChI=1S/C11H16N2O5S/c1-18-11-4-3-9(7-10(11)13(14)15)8-19(16,17)6-2-5-12/h3-4,7H,2,5-6,8,12H2,1H3. The van der Waals surface area contributed by atoms with E-state index >= 15 is 0 Å². The van der Waals surface area contributed by atoms with E-state index in [9.17, 15) is 18.5 Å². The maximum Gasteiger partial charge on any atom is 0.311 e. The van der Waals surface area contributed by atoms with E-state index in [2.05, 4.69) is 0 Å². The van der Waals surface area contributed by atoms with E-state index in [1.165, 1.54) is 25.3 Å². The molecule has 1 rings (SSSR count). The Kier molecular flexibility index (Phi) is 5.25. The fraction of sp³-hybridized carbons (Fsp3) is 0.455. The summed E-state index contributed by atoms with van der Waals surface area (Å²) < 4.78 is 28.3. The number of hydrogen-bond donors (Lipinski definition) is 1. The van der Waals surface area contributed by atoms with Crippen LogP contribution >= 0.6 is 0 Å². The Hall–Kier alpha value is -1.67. The third-order valence-electron chi connectivity index (χ3n) is 2.49. The molecule has 0 amide bonds. The van der Waals surface area contributed by atoms with Crippen LogP contribution in [0.15, 0.2) is 18.2 Å². The third kappa shape index (κ3) is 4.49. The zero-order chi connectivity index (χ0) is 14.5. The van der Waals surface area contributed by atoms with Crippen LogP contribution in [0.5, 0.6) is 5.75 Å². The maximum absolute atomic E-state index is 11.7. The van der Waals surface area contributed by atoms with Gasteiger partial charge in [-0.3, -0.25) is 10.1 Å². The fourth-order valence-corrected chi connectivity index (χ4v) is 3.04. The topological polar surface area (TPSA) is 113 Å². The first-order chi connectivity index (χ1) is 8.89. The molecule has 0 saturated carbocycles. The van der Waals surface area contributed by atoms with Crippen LogP contribution in [0.25, 0.3) is 0 Å². The molecule has 0 aromatic heterocycles. The fourth-order valence-electron chi connectivity index (χ4n) is 1.60. The molecule has 0 saturated heterocycles. The van der Waals surface area contributed by atoms with Crippen LogP contribution in [0, 0.1) is 10.1 Å². The SMILES string of the molecule is COc1ccc(CS(=O)(=O)CCCN)cc1[N+](=O)[O-]. The maximum atomic E-state index is 11.7. The smallest absolute Gasteiger partial charge is 0.311 e. The van der Waals surface area contributed by atoms with Gasteiger partial charge in [-0.1, -0.05) is 6.07 Å². The van der Waals surface area contributed by atoms with Gasteiger partial charge in [0.15, 0.2) is 15.6 Å². The zero-order valence-corrected chi connectivity index (χ0v) is 11.4. The van der Waals surface area contributed by atoms with E-state index < -0.39 is 14.8 Å². The molecule has 0 aliphatic carbocycles. The molecule has 0 aliphatic rings. The lowest BCUT2D eigenvalue weighted by Gasteiger charge is -2.06. The molecular weight excluding hydrogens is 272 g/mol. The normalized spacial score (nSPS) is 11.3.